The number of oxazole rings is 1. The molecule has 2 heterocycles. The van der Waals surface area contributed by atoms with Gasteiger partial charge in [-0.3, -0.25) is 0 Å². The summed E-state index contributed by atoms with van der Waals surface area (Å²) in [6.45, 7) is 1.97. The maximum atomic E-state index is 12.7. The molecule has 12 heteroatoms. The molecule has 0 unspecified atom stereocenters. The number of ether oxygens (including phenoxy) is 2. The Hall–Kier alpha value is -2.86. The molecule has 3 rings (SSSR count). The summed E-state index contributed by atoms with van der Waals surface area (Å²) >= 11 is 0. The van der Waals surface area contributed by atoms with Crippen molar-refractivity contribution in [2.24, 2.45) is 0 Å². The average Bonchev–Trinajstić information content (AvgIpc) is 3.18. The number of benzene rings is 1. The van der Waals surface area contributed by atoms with Gasteiger partial charge < -0.3 is 13.9 Å². The van der Waals surface area contributed by atoms with Crippen LogP contribution in [0.4, 0.5) is 13.2 Å². The van der Waals surface area contributed by atoms with Crippen molar-refractivity contribution in [3.8, 4) is 5.75 Å². The first-order valence-electron chi connectivity index (χ1n) is 8.78. The Morgan fingerprint density at radius 1 is 1.27 bits per heavy atom. The van der Waals surface area contributed by atoms with E-state index in [0.29, 0.717) is 5.57 Å². The highest BCUT2D eigenvalue weighted by atomic mass is 32.2. The molecule has 0 fully saturated rings. The second-order valence-electron chi connectivity index (χ2n) is 6.12. The highest BCUT2D eigenvalue weighted by molar-refractivity contribution is 7.89. The van der Waals surface area contributed by atoms with Crippen LogP contribution in [-0.4, -0.2) is 49.7 Å². The Bertz CT molecular complexity index is 1040. The highest BCUT2D eigenvalue weighted by Crippen LogP contribution is 2.28. The minimum absolute atomic E-state index is 0.00951. The van der Waals surface area contributed by atoms with Gasteiger partial charge in [-0.25, -0.2) is 18.2 Å². The molecule has 0 saturated heterocycles. The molecule has 0 N–H and O–H groups in total. The monoisotopic (exact) mass is 446 g/mol. The van der Waals surface area contributed by atoms with Crippen molar-refractivity contribution in [1.29, 1.82) is 0 Å². The number of aromatic nitrogens is 1. The van der Waals surface area contributed by atoms with Crippen LogP contribution in [0.15, 0.2) is 45.9 Å². The number of alkyl halides is 3. The van der Waals surface area contributed by atoms with Gasteiger partial charge >= 0.3 is 12.3 Å². The summed E-state index contributed by atoms with van der Waals surface area (Å²) < 4.78 is 77.2. The summed E-state index contributed by atoms with van der Waals surface area (Å²) in [7, 11) is -3.92. The van der Waals surface area contributed by atoms with E-state index in [0.717, 1.165) is 24.3 Å². The zero-order valence-corrected chi connectivity index (χ0v) is 16.5. The van der Waals surface area contributed by atoms with E-state index < -0.39 is 28.1 Å². The molecular weight excluding hydrogens is 429 g/mol. The predicted octanol–water partition coefficient (Wildman–Crippen LogP) is 3.23. The van der Waals surface area contributed by atoms with Crippen LogP contribution in [0.3, 0.4) is 0 Å². The number of hydrogen-bond donors (Lipinski definition) is 0. The number of sulfonamides is 1. The molecule has 1 aliphatic heterocycles. The zero-order chi connectivity index (χ0) is 21.9. The first kappa shape index (κ1) is 21.8. The smallest absolute Gasteiger partial charge is 0.461 e. The number of nitrogens with zero attached hydrogens (tertiary/aromatic N) is 2. The van der Waals surface area contributed by atoms with E-state index in [-0.39, 0.29) is 42.6 Å². The van der Waals surface area contributed by atoms with Gasteiger partial charge in [-0.1, -0.05) is 6.08 Å². The fraction of sp³-hybridized carbons (Fsp3) is 0.333. The molecule has 1 aliphatic rings. The maximum absolute atomic E-state index is 12.7. The first-order valence-corrected chi connectivity index (χ1v) is 10.2. The number of carbonyl (C=O) groups is 1. The molecule has 1 aromatic carbocycles. The number of rotatable bonds is 6. The normalized spacial score (nSPS) is 15.5. The summed E-state index contributed by atoms with van der Waals surface area (Å²) in [6, 6.07) is 3.98. The molecule has 0 atom stereocenters. The summed E-state index contributed by atoms with van der Waals surface area (Å²) in [5.74, 6) is -0.932. The van der Waals surface area contributed by atoms with Crippen LogP contribution in [0, 0.1) is 0 Å². The molecule has 1 aromatic heterocycles. The van der Waals surface area contributed by atoms with Crippen molar-refractivity contribution in [3.63, 3.8) is 0 Å². The molecule has 0 amide bonds. The molecule has 2 aromatic rings. The fourth-order valence-electron chi connectivity index (χ4n) is 2.75. The van der Waals surface area contributed by atoms with E-state index in [2.05, 4.69) is 9.72 Å². The van der Waals surface area contributed by atoms with Crippen molar-refractivity contribution in [3.05, 3.63) is 48.2 Å². The van der Waals surface area contributed by atoms with Gasteiger partial charge in [0.05, 0.1) is 11.5 Å². The third-order valence-corrected chi connectivity index (χ3v) is 6.01. The summed E-state index contributed by atoms with van der Waals surface area (Å²) in [5.41, 5.74) is 0.648. The van der Waals surface area contributed by atoms with Crippen LogP contribution in [0.1, 0.15) is 29.7 Å². The van der Waals surface area contributed by atoms with Gasteiger partial charge in [0.15, 0.2) is 5.69 Å². The molecular formula is C18H17F3N2O6S. The molecule has 0 aliphatic carbocycles. The van der Waals surface area contributed by atoms with Crippen molar-refractivity contribution in [1.82, 2.24) is 9.29 Å². The Balaban J connectivity index is 1.70. The quantitative estimate of drug-likeness (QED) is 0.628. The van der Waals surface area contributed by atoms with Crippen molar-refractivity contribution < 1.29 is 40.3 Å². The summed E-state index contributed by atoms with van der Waals surface area (Å²) in [6.07, 6.45) is -1.82. The third kappa shape index (κ3) is 5.00. The van der Waals surface area contributed by atoms with E-state index >= 15 is 0 Å². The van der Waals surface area contributed by atoms with Gasteiger partial charge in [-0.2, -0.15) is 4.31 Å². The van der Waals surface area contributed by atoms with E-state index in [1.165, 1.54) is 10.6 Å². The Morgan fingerprint density at radius 3 is 2.53 bits per heavy atom. The maximum Gasteiger partial charge on any atom is 0.573 e. The van der Waals surface area contributed by atoms with Gasteiger partial charge in [0, 0.05) is 18.7 Å². The van der Waals surface area contributed by atoms with E-state index in [4.69, 9.17) is 9.15 Å². The Kier molecular flexibility index (Phi) is 6.17. The summed E-state index contributed by atoms with van der Waals surface area (Å²) in [4.78, 5) is 15.6. The third-order valence-electron chi connectivity index (χ3n) is 4.13. The van der Waals surface area contributed by atoms with Crippen LogP contribution in [0.5, 0.6) is 5.75 Å². The highest BCUT2D eigenvalue weighted by Gasteiger charge is 2.32. The first-order chi connectivity index (χ1) is 14.1. The van der Waals surface area contributed by atoms with Gasteiger partial charge in [-0.05, 0) is 37.6 Å². The van der Waals surface area contributed by atoms with Gasteiger partial charge in [-0.15, -0.1) is 13.2 Å². The lowest BCUT2D eigenvalue weighted by Crippen LogP contribution is -2.34. The lowest BCUT2D eigenvalue weighted by atomic mass is 10.1. The SMILES string of the molecule is CCOC(=O)c1coc(C2=CCN(S(=O)(=O)c3ccc(OC(F)(F)F)cc3)CC2)n1. The Labute approximate surface area is 169 Å². The van der Waals surface area contributed by atoms with Crippen LogP contribution >= 0.6 is 0 Å². The largest absolute Gasteiger partial charge is 0.573 e. The van der Waals surface area contributed by atoms with E-state index in [1.54, 1.807) is 13.0 Å². The van der Waals surface area contributed by atoms with Crippen LogP contribution < -0.4 is 4.74 Å². The Morgan fingerprint density at radius 2 is 1.97 bits per heavy atom. The zero-order valence-electron chi connectivity index (χ0n) is 15.7. The van der Waals surface area contributed by atoms with E-state index in [1.807, 2.05) is 0 Å². The van der Waals surface area contributed by atoms with Crippen LogP contribution in [0.25, 0.3) is 5.57 Å². The standard InChI is InChI=1S/C18H17F3N2O6S/c1-2-27-17(24)15-11-28-16(22-15)12-7-9-23(10-8-12)30(25,26)14-5-3-13(4-6-14)29-18(19,20)21/h3-7,11H,2,8-10H2,1H3. The molecule has 0 spiro atoms. The van der Waals surface area contributed by atoms with Crippen molar-refractivity contribution in [2.45, 2.75) is 24.6 Å². The second-order valence-corrected chi connectivity index (χ2v) is 8.06. The number of carbonyl (C=O) groups excluding carboxylic acids is 1. The molecule has 0 bridgehead atoms. The average molecular weight is 446 g/mol. The molecule has 0 saturated carbocycles. The second kappa shape index (κ2) is 8.48. The lowest BCUT2D eigenvalue weighted by molar-refractivity contribution is -0.274. The van der Waals surface area contributed by atoms with Gasteiger partial charge in [0.25, 0.3) is 0 Å². The minimum atomic E-state index is -4.86. The van der Waals surface area contributed by atoms with Crippen LogP contribution in [-0.2, 0) is 14.8 Å². The summed E-state index contributed by atoms with van der Waals surface area (Å²) in [5, 5.41) is 0. The molecule has 0 radical (unpaired) electrons. The number of esters is 1. The number of hydrogen-bond acceptors (Lipinski definition) is 7. The van der Waals surface area contributed by atoms with E-state index in [9.17, 15) is 26.4 Å². The van der Waals surface area contributed by atoms with Crippen LogP contribution in [0.2, 0.25) is 0 Å². The predicted molar refractivity (Wildman–Crippen MR) is 96.9 cm³/mol. The van der Waals surface area contributed by atoms with Gasteiger partial charge in [0.2, 0.25) is 15.9 Å². The lowest BCUT2D eigenvalue weighted by Gasteiger charge is -2.25. The number of halogens is 3. The fourth-order valence-corrected chi connectivity index (χ4v) is 4.13. The molecule has 30 heavy (non-hydrogen) atoms. The van der Waals surface area contributed by atoms with Gasteiger partial charge in [0.1, 0.15) is 12.0 Å². The van der Waals surface area contributed by atoms with Crippen molar-refractivity contribution in [2.75, 3.05) is 19.7 Å². The molecule has 162 valence electrons. The minimum Gasteiger partial charge on any atom is -0.461 e. The van der Waals surface area contributed by atoms with Crippen molar-refractivity contribution >= 4 is 21.6 Å². The molecule has 8 nitrogen and oxygen atoms in total. The topological polar surface area (TPSA) is 98.9 Å².